The van der Waals surface area contributed by atoms with Gasteiger partial charge in [-0.2, -0.15) is 12.7 Å². The maximum atomic E-state index is 11.9. The summed E-state index contributed by atoms with van der Waals surface area (Å²) in [6.07, 6.45) is 0. The van der Waals surface area contributed by atoms with E-state index in [0.29, 0.717) is 0 Å². The summed E-state index contributed by atoms with van der Waals surface area (Å²) in [5.41, 5.74) is 16.0. The zero-order chi connectivity index (χ0) is 16.4. The maximum absolute atomic E-state index is 11.9. The van der Waals surface area contributed by atoms with Crippen LogP contribution in [0.5, 0.6) is 0 Å². The van der Waals surface area contributed by atoms with Crippen molar-refractivity contribution in [3.05, 3.63) is 10.3 Å². The van der Waals surface area contributed by atoms with E-state index in [-0.39, 0.29) is 21.9 Å². The second-order valence-electron chi connectivity index (χ2n) is 3.82. The summed E-state index contributed by atoms with van der Waals surface area (Å²) in [6, 6.07) is 0. The number of carbonyl (C=O) groups is 1. The molecule has 0 bridgehead atoms. The van der Waals surface area contributed by atoms with E-state index in [0.717, 1.165) is 4.31 Å². The number of carbonyl (C=O) groups excluding carboxylic acids is 1. The summed E-state index contributed by atoms with van der Waals surface area (Å²) < 4.78 is 27.0. The first-order chi connectivity index (χ1) is 9.54. The van der Waals surface area contributed by atoms with E-state index < -0.39 is 22.1 Å². The fraction of sp³-hybridized carbons (Fsp3) is 0.250. The molecule has 1 aromatic rings. The Balaban J connectivity index is 3.02. The smallest absolute Gasteiger partial charge is 0.325 e. The van der Waals surface area contributed by atoms with Gasteiger partial charge < -0.3 is 17.2 Å². The quantitative estimate of drug-likeness (QED) is 0.351. The average Bonchev–Trinajstić information content (AvgIpc) is 2.32. The zero-order valence-corrected chi connectivity index (χ0v) is 13.4. The molecule has 0 aliphatic carbocycles. The van der Waals surface area contributed by atoms with Crippen LogP contribution in [0.3, 0.4) is 0 Å². The highest BCUT2D eigenvalue weighted by molar-refractivity contribution is 9.10. The molecule has 0 spiro atoms. The summed E-state index contributed by atoms with van der Waals surface area (Å²) in [5.74, 6) is -1.75. The Morgan fingerprint density at radius 1 is 1.29 bits per heavy atom. The van der Waals surface area contributed by atoms with E-state index in [1.807, 2.05) is 5.32 Å². The van der Waals surface area contributed by atoms with Gasteiger partial charge in [0.05, 0.1) is 0 Å². The Hall–Kier alpha value is -1.99. The number of anilines is 2. The third-order valence-electron chi connectivity index (χ3n) is 2.04. The molecule has 21 heavy (non-hydrogen) atoms. The van der Waals surface area contributed by atoms with Crippen molar-refractivity contribution in [3.63, 3.8) is 0 Å². The first-order valence-electron chi connectivity index (χ1n) is 5.22. The van der Waals surface area contributed by atoms with Gasteiger partial charge in [0, 0.05) is 14.1 Å². The molecule has 0 saturated heterocycles. The van der Waals surface area contributed by atoms with Gasteiger partial charge in [-0.3, -0.25) is 10.1 Å². The monoisotopic (exact) mass is 380 g/mol. The molecular weight excluding hydrogens is 368 g/mol. The molecule has 116 valence electrons. The van der Waals surface area contributed by atoms with Gasteiger partial charge in [0.1, 0.15) is 4.60 Å². The van der Waals surface area contributed by atoms with Gasteiger partial charge in [0.25, 0.3) is 5.91 Å². The molecule has 0 saturated carbocycles. The highest BCUT2D eigenvalue weighted by atomic mass is 79.9. The van der Waals surface area contributed by atoms with Crippen LogP contribution in [0, 0.1) is 0 Å². The lowest BCUT2D eigenvalue weighted by Crippen LogP contribution is -2.39. The largest absolute Gasteiger partial charge is 0.382 e. The van der Waals surface area contributed by atoms with Crippen molar-refractivity contribution in [2.24, 2.45) is 10.1 Å². The SMILES string of the molecule is CN(C)S(=O)(=O)N=C(N)NC(=O)c1nc(Br)c(N)nc1N. The van der Waals surface area contributed by atoms with Crippen LogP contribution in [0.2, 0.25) is 0 Å². The Morgan fingerprint density at radius 2 is 1.86 bits per heavy atom. The first-order valence-corrected chi connectivity index (χ1v) is 7.41. The van der Waals surface area contributed by atoms with E-state index in [1.54, 1.807) is 0 Å². The van der Waals surface area contributed by atoms with Crippen molar-refractivity contribution in [3.8, 4) is 0 Å². The van der Waals surface area contributed by atoms with Crippen LogP contribution in [0.4, 0.5) is 11.6 Å². The van der Waals surface area contributed by atoms with Gasteiger partial charge >= 0.3 is 10.2 Å². The van der Waals surface area contributed by atoms with Gasteiger partial charge in [-0.25, -0.2) is 9.97 Å². The molecule has 1 rings (SSSR count). The van der Waals surface area contributed by atoms with Crippen LogP contribution < -0.4 is 22.5 Å². The summed E-state index contributed by atoms with van der Waals surface area (Å²) >= 11 is 2.98. The molecule has 1 amide bonds. The number of amides is 1. The first kappa shape index (κ1) is 17.1. The van der Waals surface area contributed by atoms with Crippen molar-refractivity contribution in [2.75, 3.05) is 25.6 Å². The van der Waals surface area contributed by atoms with E-state index in [4.69, 9.17) is 17.2 Å². The molecule has 0 unspecified atom stereocenters. The molecule has 7 N–H and O–H groups in total. The number of rotatable bonds is 3. The minimum Gasteiger partial charge on any atom is -0.382 e. The second kappa shape index (κ2) is 6.19. The van der Waals surface area contributed by atoms with Crippen molar-refractivity contribution in [1.82, 2.24) is 19.6 Å². The van der Waals surface area contributed by atoms with Crippen LogP contribution >= 0.6 is 15.9 Å². The second-order valence-corrected chi connectivity index (χ2v) is 6.38. The zero-order valence-electron chi connectivity index (χ0n) is 11.0. The maximum Gasteiger partial charge on any atom is 0.325 e. The lowest BCUT2D eigenvalue weighted by Gasteiger charge is -2.09. The number of nitrogen functional groups attached to an aromatic ring is 2. The molecule has 13 heteroatoms. The molecule has 0 fully saturated rings. The third kappa shape index (κ3) is 4.24. The van der Waals surface area contributed by atoms with Crippen LogP contribution in [-0.2, 0) is 10.2 Å². The topological polar surface area (TPSA) is 183 Å². The van der Waals surface area contributed by atoms with Crippen molar-refractivity contribution in [2.45, 2.75) is 0 Å². The Labute approximate surface area is 128 Å². The fourth-order valence-corrected chi connectivity index (χ4v) is 1.74. The summed E-state index contributed by atoms with van der Waals surface area (Å²) in [6.45, 7) is 0. The molecule has 11 nitrogen and oxygen atoms in total. The molecule has 1 aromatic heterocycles. The lowest BCUT2D eigenvalue weighted by molar-refractivity contribution is 0.0972. The van der Waals surface area contributed by atoms with Gasteiger partial charge in [-0.05, 0) is 15.9 Å². The van der Waals surface area contributed by atoms with Gasteiger partial charge in [-0.15, -0.1) is 4.40 Å². The average molecular weight is 381 g/mol. The molecule has 0 aliphatic rings. The number of hydrogen-bond acceptors (Lipinski definition) is 7. The summed E-state index contributed by atoms with van der Waals surface area (Å²) in [7, 11) is -1.45. The van der Waals surface area contributed by atoms with Crippen LogP contribution in [0.1, 0.15) is 10.5 Å². The number of halogens is 1. The summed E-state index contributed by atoms with van der Waals surface area (Å²) in [5, 5.41) is 2.03. The molecule has 0 atom stereocenters. The molecular formula is C8H13BrN8O3S. The van der Waals surface area contributed by atoms with Crippen LogP contribution in [0.25, 0.3) is 0 Å². The Kier molecular flexibility index (Phi) is 5.03. The summed E-state index contributed by atoms with van der Waals surface area (Å²) in [4.78, 5) is 19.3. The number of aromatic nitrogens is 2. The molecule has 1 heterocycles. The van der Waals surface area contributed by atoms with Gasteiger partial charge in [0.15, 0.2) is 17.3 Å². The minimum atomic E-state index is -3.97. The Morgan fingerprint density at radius 3 is 2.38 bits per heavy atom. The molecule has 0 radical (unpaired) electrons. The van der Waals surface area contributed by atoms with Crippen molar-refractivity contribution in [1.29, 1.82) is 0 Å². The minimum absolute atomic E-state index is 0.000810. The number of guanidine groups is 1. The normalized spacial score (nSPS) is 12.5. The fourth-order valence-electron chi connectivity index (χ4n) is 1.01. The number of nitrogens with one attached hydrogen (secondary N) is 1. The number of nitrogens with zero attached hydrogens (tertiary/aromatic N) is 4. The van der Waals surface area contributed by atoms with E-state index in [2.05, 4.69) is 30.3 Å². The highest BCUT2D eigenvalue weighted by Gasteiger charge is 2.18. The molecule has 0 aliphatic heterocycles. The predicted octanol–water partition coefficient (Wildman–Crippen LogP) is -1.75. The van der Waals surface area contributed by atoms with Gasteiger partial charge in [0.2, 0.25) is 5.96 Å². The highest BCUT2D eigenvalue weighted by Crippen LogP contribution is 2.17. The lowest BCUT2D eigenvalue weighted by atomic mass is 10.4. The van der Waals surface area contributed by atoms with Crippen LogP contribution in [0.15, 0.2) is 9.00 Å². The van der Waals surface area contributed by atoms with Crippen molar-refractivity contribution >= 4 is 49.6 Å². The van der Waals surface area contributed by atoms with E-state index >= 15 is 0 Å². The molecule has 0 aromatic carbocycles. The Bertz CT molecular complexity index is 702. The van der Waals surface area contributed by atoms with E-state index in [1.165, 1.54) is 14.1 Å². The van der Waals surface area contributed by atoms with Crippen LogP contribution in [-0.4, -0.2) is 48.7 Å². The van der Waals surface area contributed by atoms with E-state index in [9.17, 15) is 13.2 Å². The number of nitrogens with two attached hydrogens (primary N) is 3. The standard InChI is InChI=1S/C8H13BrN8O3S/c1-17(2)21(19,20)16-8(12)15-7(18)3-5(10)14-6(11)4(9)13-3/h1-2H3,(H4,10,11,14)(H3,12,15,16,18). The third-order valence-corrected chi connectivity index (χ3v) is 3.97. The number of hydrogen-bond donors (Lipinski definition) is 4. The predicted molar refractivity (Wildman–Crippen MR) is 80.3 cm³/mol. The van der Waals surface area contributed by atoms with Gasteiger partial charge in [-0.1, -0.05) is 0 Å². The van der Waals surface area contributed by atoms with Crippen molar-refractivity contribution < 1.29 is 13.2 Å².